The van der Waals surface area contributed by atoms with Crippen molar-refractivity contribution >= 4 is 100 Å². The highest BCUT2D eigenvalue weighted by atomic mass is 32.2. The van der Waals surface area contributed by atoms with Crippen LogP contribution in [0.5, 0.6) is 0 Å². The third-order valence-electron chi connectivity index (χ3n) is 16.2. The summed E-state index contributed by atoms with van der Waals surface area (Å²) in [6.07, 6.45) is 4.99. The number of carbonyl (C=O) groups is 14. The molecular weight excluding hydrogens is 1310 g/mol. The number of guanidine groups is 1. The van der Waals surface area contributed by atoms with Crippen LogP contribution in [-0.2, 0) is 92.5 Å². The Hall–Kier alpha value is -8.34. The number of nitrogens with two attached hydrogens (primary N) is 3. The number of fused-ring (bicyclic) bond motifs is 1. The first-order valence-electron chi connectivity index (χ1n) is 34.0. The minimum absolute atomic E-state index is 0.00115. The highest BCUT2D eigenvalue weighted by Gasteiger charge is 2.43. The molecule has 1 aromatic carbocycles. The number of rotatable bonds is 49. The number of benzene rings is 1. The van der Waals surface area contributed by atoms with E-state index in [2.05, 4.69) is 58.2 Å². The minimum atomic E-state index is -1.66. The summed E-state index contributed by atoms with van der Waals surface area (Å²) < 4.78 is 22.1. The number of carbonyl (C=O) groups excluding carboxylic acids is 13. The van der Waals surface area contributed by atoms with Crippen LogP contribution in [0, 0.1) is 5.92 Å². The van der Waals surface area contributed by atoms with Gasteiger partial charge in [-0.05, 0) is 69.8 Å². The predicted octanol–water partition coefficient (Wildman–Crippen LogP) is -2.40. The molecule has 11 amide bonds. The second-order valence-electron chi connectivity index (χ2n) is 24.3. The lowest BCUT2D eigenvalue weighted by Gasteiger charge is -2.26. The number of amides is 11. The average molecular weight is 1420 g/mol. The summed E-state index contributed by atoms with van der Waals surface area (Å²) in [4.78, 5) is 182. The number of hydrogen-bond acceptors (Lipinski definition) is 20. The first-order chi connectivity index (χ1) is 47.6. The molecule has 0 bridgehead atoms. The molecule has 3 heterocycles. The Bertz CT molecular complexity index is 2840. The number of nitrogens with zero attached hydrogens (tertiary/aromatic N) is 1. The van der Waals surface area contributed by atoms with E-state index in [4.69, 9.17) is 36.1 Å². The minimum Gasteiger partial charge on any atom is -0.481 e. The van der Waals surface area contributed by atoms with Gasteiger partial charge in [0.25, 0.3) is 0 Å². The number of carboxylic acids is 1. The van der Waals surface area contributed by atoms with Gasteiger partial charge in [-0.3, -0.25) is 72.1 Å². The first kappa shape index (κ1) is 83.1. The molecule has 17 N–H and O–H groups in total. The Kier molecular flexibility index (Phi) is 40.6. The number of thioether (sulfide) groups is 1. The van der Waals surface area contributed by atoms with E-state index < -0.39 is 96.4 Å². The van der Waals surface area contributed by atoms with E-state index in [9.17, 15) is 72.2 Å². The number of ketones is 2. The molecule has 33 nitrogen and oxygen atoms in total. The topological polar surface area (TPSA) is 507 Å². The van der Waals surface area contributed by atoms with Gasteiger partial charge >= 0.3 is 5.97 Å². The Morgan fingerprint density at radius 2 is 1.10 bits per heavy atom. The number of aliphatic carboxylic acids is 1. The van der Waals surface area contributed by atoms with Crippen LogP contribution in [0.1, 0.15) is 140 Å². The molecule has 34 heteroatoms. The lowest BCUT2D eigenvalue weighted by atomic mass is 9.94. The highest BCUT2D eigenvalue weighted by molar-refractivity contribution is 8.00. The Labute approximate surface area is 580 Å². The van der Waals surface area contributed by atoms with Crippen molar-refractivity contribution in [1.29, 1.82) is 0 Å². The molecule has 3 aliphatic heterocycles. The molecule has 3 fully saturated rings. The van der Waals surface area contributed by atoms with Crippen LogP contribution in [0.4, 0.5) is 0 Å². The van der Waals surface area contributed by atoms with E-state index in [0.717, 1.165) is 25.0 Å². The molecule has 0 saturated carbocycles. The molecule has 0 radical (unpaired) electrons. The van der Waals surface area contributed by atoms with Gasteiger partial charge in [0.1, 0.15) is 41.8 Å². The molecule has 3 saturated heterocycles. The van der Waals surface area contributed by atoms with Gasteiger partial charge in [0, 0.05) is 127 Å². The summed E-state index contributed by atoms with van der Waals surface area (Å²) in [5.74, 6) is -6.91. The molecule has 0 spiro atoms. The molecule has 4 rings (SSSR count). The summed E-state index contributed by atoms with van der Waals surface area (Å²) in [5.41, 5.74) is 17.0. The van der Waals surface area contributed by atoms with Gasteiger partial charge in [0.2, 0.25) is 65.0 Å². The summed E-state index contributed by atoms with van der Waals surface area (Å²) in [7, 11) is 0. The molecule has 1 aromatic rings. The largest absolute Gasteiger partial charge is 0.481 e. The number of carboxylic acid groups (broad SMARTS) is 1. The molecule has 3 aliphatic rings. The number of nitrogens with one attached hydrogen (secondary N) is 10. The third kappa shape index (κ3) is 36.9. The van der Waals surface area contributed by atoms with E-state index in [1.165, 1.54) is 0 Å². The van der Waals surface area contributed by atoms with Gasteiger partial charge in [0.15, 0.2) is 5.96 Å². The Balaban J connectivity index is 0.990. The number of unbranched alkanes of at least 4 members (excludes halogenated alkanes) is 2. The molecule has 552 valence electrons. The SMILES string of the molecule is NC(=O)[C@H](CCCCNC(=O)CCCC[C@@H]1SC[C@@H]2NC(=O)C[C@@H]21)NC(=O)CCC(=O)CCCOCCOCCNC(=O)CCC(=O)CCCOCCOCCNC(=O)CC[C@@H]1NC(=O)[C@@H](Cc2ccccc2)NC(=O)[C@H](CC(=O)O)NC(=O)CNC(=O)C(CCCN=C(N)N)NC1=O. The van der Waals surface area contributed by atoms with E-state index in [1.807, 2.05) is 11.8 Å². The first-order valence-corrected chi connectivity index (χ1v) is 35.0. The second-order valence-corrected chi connectivity index (χ2v) is 25.5. The average Bonchev–Trinajstić information content (AvgIpc) is 1.67. The molecule has 8 atom stereocenters. The van der Waals surface area contributed by atoms with Gasteiger partial charge in [-0.25, -0.2) is 0 Å². The maximum Gasteiger partial charge on any atom is 0.305 e. The van der Waals surface area contributed by atoms with Crippen molar-refractivity contribution in [3.05, 3.63) is 35.9 Å². The molecule has 1 unspecified atom stereocenters. The monoisotopic (exact) mass is 1410 g/mol. The molecule has 0 aliphatic carbocycles. The number of Topliss-reactive ketones (excluding diaryl/α,β-unsaturated/α-hetero) is 2. The van der Waals surface area contributed by atoms with Gasteiger partial charge in [-0.2, -0.15) is 11.8 Å². The van der Waals surface area contributed by atoms with E-state index >= 15 is 0 Å². The van der Waals surface area contributed by atoms with Gasteiger partial charge in [-0.1, -0.05) is 36.8 Å². The van der Waals surface area contributed by atoms with Crippen molar-refractivity contribution in [1.82, 2.24) is 53.2 Å². The van der Waals surface area contributed by atoms with Crippen molar-refractivity contribution in [3.8, 4) is 0 Å². The summed E-state index contributed by atoms with van der Waals surface area (Å²) in [6.45, 7) is 1.82. The summed E-state index contributed by atoms with van der Waals surface area (Å²) >= 11 is 1.91. The molecule has 0 aromatic heterocycles. The van der Waals surface area contributed by atoms with Crippen molar-refractivity contribution in [2.75, 3.05) is 91.3 Å². The molecular formula is C65H102N14O19S. The van der Waals surface area contributed by atoms with Crippen molar-refractivity contribution < 1.29 is 91.2 Å². The van der Waals surface area contributed by atoms with Crippen LogP contribution in [0.3, 0.4) is 0 Å². The third-order valence-corrected chi connectivity index (χ3v) is 17.8. The standard InChI is InChI=1S/C65H102N14O19S/c66-60(90)46(15-6-7-25-69-53(82)18-5-4-17-52-45-38-57(86)76-51(45)41-99-52)74-56(85)23-20-44(81)14-10-30-96-33-35-97-31-27-70-54(83)22-19-43(80)13-9-29-95-34-36-98-32-28-71-55(84)24-21-48-62(92)77-47(16-8-26-72-65(67)68)61(91)73-40-58(87)75-50(39-59(88)89)64(94)79-49(63(93)78-48)37-42-11-2-1-3-12-42/h1-3,11-12,45-52H,4-10,13-41H2,(H2,66,90)(H,69,82)(H,70,83)(H,71,84)(H,73,91)(H,74,85)(H,75,87)(H,76,86)(H,77,92)(H,78,93)(H,79,94)(H,88,89)(H4,67,68,72)/t45-,46-,47?,48-,49+,50-,51-,52-/m0/s1. The van der Waals surface area contributed by atoms with Crippen LogP contribution in [0.25, 0.3) is 0 Å². The second kappa shape index (κ2) is 48.4. The zero-order valence-electron chi connectivity index (χ0n) is 56.3. The lowest BCUT2D eigenvalue weighted by Crippen LogP contribution is -2.58. The van der Waals surface area contributed by atoms with Crippen LogP contribution in [0.2, 0.25) is 0 Å². The van der Waals surface area contributed by atoms with E-state index in [1.54, 1.807) is 30.3 Å². The van der Waals surface area contributed by atoms with Crippen molar-refractivity contribution in [2.24, 2.45) is 28.1 Å². The van der Waals surface area contributed by atoms with Gasteiger partial charge in [-0.15, -0.1) is 0 Å². The highest BCUT2D eigenvalue weighted by Crippen LogP contribution is 2.40. The zero-order chi connectivity index (χ0) is 72.2. The molecule has 99 heavy (non-hydrogen) atoms. The van der Waals surface area contributed by atoms with Crippen molar-refractivity contribution in [3.63, 3.8) is 0 Å². The Morgan fingerprint density at radius 1 is 0.535 bits per heavy atom. The van der Waals surface area contributed by atoms with Crippen LogP contribution in [-0.4, -0.2) is 226 Å². The summed E-state index contributed by atoms with van der Waals surface area (Å²) in [6, 6.07) is 2.05. The van der Waals surface area contributed by atoms with E-state index in [-0.39, 0.29) is 178 Å². The lowest BCUT2D eigenvalue weighted by molar-refractivity contribution is -0.141. The zero-order valence-corrected chi connectivity index (χ0v) is 57.2. The maximum atomic E-state index is 14.0. The van der Waals surface area contributed by atoms with Crippen LogP contribution in [0.15, 0.2) is 35.3 Å². The number of ether oxygens (including phenoxy) is 4. The normalized spacial score (nSPS) is 19.8. The number of primary amides is 1. The quantitative estimate of drug-likeness (QED) is 0.0184. The number of hydrogen-bond donors (Lipinski definition) is 14. The van der Waals surface area contributed by atoms with Crippen molar-refractivity contribution in [2.45, 2.75) is 183 Å². The fraction of sp³-hybridized carbons (Fsp3) is 0.677. The van der Waals surface area contributed by atoms with Gasteiger partial charge < -0.3 is 94.4 Å². The maximum absolute atomic E-state index is 14.0. The van der Waals surface area contributed by atoms with Crippen LogP contribution >= 0.6 is 11.8 Å². The predicted molar refractivity (Wildman–Crippen MR) is 361 cm³/mol. The van der Waals surface area contributed by atoms with Crippen LogP contribution < -0.4 is 70.4 Å². The fourth-order valence-electron chi connectivity index (χ4n) is 10.9. The summed E-state index contributed by atoms with van der Waals surface area (Å²) in [5, 5.41) is 36.2. The number of aliphatic imine (C=N–C) groups is 1. The fourth-order valence-corrected chi connectivity index (χ4v) is 12.5. The van der Waals surface area contributed by atoms with Gasteiger partial charge in [0.05, 0.1) is 52.6 Å². The van der Waals surface area contributed by atoms with E-state index in [0.29, 0.717) is 74.8 Å². The smallest absolute Gasteiger partial charge is 0.305 e. The Morgan fingerprint density at radius 3 is 1.73 bits per heavy atom.